The molecule has 0 amide bonds. The van der Waals surface area contributed by atoms with Crippen LogP contribution in [0.1, 0.15) is 25.8 Å². The van der Waals surface area contributed by atoms with Gasteiger partial charge in [0.05, 0.1) is 13.2 Å². The quantitative estimate of drug-likeness (QED) is 0.599. The number of anilines is 1. The molecule has 2 aromatic carbocycles. The zero-order chi connectivity index (χ0) is 16.5. The minimum absolute atomic E-state index is 0.396. The molecule has 122 valence electrons. The summed E-state index contributed by atoms with van der Waals surface area (Å²) >= 11 is 0. The van der Waals surface area contributed by atoms with Crippen LogP contribution in [0.25, 0.3) is 0 Å². The molecule has 0 aliphatic heterocycles. The number of hydrogen-bond acceptors (Lipinski definition) is 2. The number of hydrogen-bond donors (Lipinski definition) is 2. The molecular formula is C19H25N3O. The number of aliphatic imine (C=N–C) groups is 1. The van der Waals surface area contributed by atoms with Crippen LogP contribution in [-0.4, -0.2) is 12.6 Å². The molecule has 23 heavy (non-hydrogen) atoms. The number of ether oxygens (including phenoxy) is 1. The van der Waals surface area contributed by atoms with Gasteiger partial charge >= 0.3 is 0 Å². The highest BCUT2D eigenvalue weighted by Crippen LogP contribution is 2.19. The van der Waals surface area contributed by atoms with Gasteiger partial charge in [-0.25, -0.2) is 4.99 Å². The minimum Gasteiger partial charge on any atom is -0.493 e. The van der Waals surface area contributed by atoms with E-state index >= 15 is 0 Å². The first-order chi connectivity index (χ1) is 11.1. The number of benzene rings is 2. The second-order valence-electron chi connectivity index (χ2n) is 5.83. The SMILES string of the molecule is CC(C)CCOc1ccccc1CN=C(N)Nc1ccccc1. The van der Waals surface area contributed by atoms with Crippen LogP contribution in [0.4, 0.5) is 5.69 Å². The van der Waals surface area contributed by atoms with Crippen LogP contribution in [0.2, 0.25) is 0 Å². The summed E-state index contributed by atoms with van der Waals surface area (Å²) in [6.45, 7) is 5.59. The van der Waals surface area contributed by atoms with Gasteiger partial charge in [0.1, 0.15) is 5.75 Å². The van der Waals surface area contributed by atoms with Crippen molar-refractivity contribution in [2.75, 3.05) is 11.9 Å². The third kappa shape index (κ3) is 6.02. The van der Waals surface area contributed by atoms with Crippen molar-refractivity contribution in [2.24, 2.45) is 16.6 Å². The van der Waals surface area contributed by atoms with Crippen LogP contribution in [0.15, 0.2) is 59.6 Å². The molecule has 0 fully saturated rings. The molecule has 0 heterocycles. The number of para-hydroxylation sites is 2. The van der Waals surface area contributed by atoms with Crippen LogP contribution in [0.3, 0.4) is 0 Å². The Morgan fingerprint density at radius 1 is 1.09 bits per heavy atom. The molecule has 0 saturated carbocycles. The first kappa shape index (κ1) is 16.9. The molecule has 0 aliphatic carbocycles. The lowest BCUT2D eigenvalue weighted by Gasteiger charge is -2.12. The maximum Gasteiger partial charge on any atom is 0.193 e. The predicted octanol–water partition coefficient (Wildman–Crippen LogP) is 4.04. The Bertz CT molecular complexity index is 624. The van der Waals surface area contributed by atoms with Gasteiger partial charge in [0.25, 0.3) is 0 Å². The summed E-state index contributed by atoms with van der Waals surface area (Å²) < 4.78 is 5.87. The van der Waals surface area contributed by atoms with Gasteiger partial charge < -0.3 is 15.8 Å². The van der Waals surface area contributed by atoms with Crippen LogP contribution in [-0.2, 0) is 6.54 Å². The van der Waals surface area contributed by atoms with E-state index in [0.29, 0.717) is 18.4 Å². The summed E-state index contributed by atoms with van der Waals surface area (Å²) in [5.74, 6) is 1.91. The van der Waals surface area contributed by atoms with Gasteiger partial charge in [-0.05, 0) is 30.5 Å². The Morgan fingerprint density at radius 2 is 1.78 bits per heavy atom. The fraction of sp³-hybridized carbons (Fsp3) is 0.316. The van der Waals surface area contributed by atoms with Gasteiger partial charge in [0.15, 0.2) is 5.96 Å². The van der Waals surface area contributed by atoms with Gasteiger partial charge in [0, 0.05) is 11.3 Å². The number of rotatable bonds is 7. The first-order valence-electron chi connectivity index (χ1n) is 7.98. The number of nitrogens with one attached hydrogen (secondary N) is 1. The van der Waals surface area contributed by atoms with Crippen LogP contribution in [0.5, 0.6) is 5.75 Å². The maximum atomic E-state index is 5.94. The van der Waals surface area contributed by atoms with E-state index in [9.17, 15) is 0 Å². The van der Waals surface area contributed by atoms with E-state index < -0.39 is 0 Å². The van der Waals surface area contributed by atoms with Crippen molar-refractivity contribution >= 4 is 11.6 Å². The smallest absolute Gasteiger partial charge is 0.193 e. The second-order valence-corrected chi connectivity index (χ2v) is 5.83. The van der Waals surface area contributed by atoms with E-state index in [4.69, 9.17) is 10.5 Å². The summed E-state index contributed by atoms with van der Waals surface area (Å²) in [5.41, 5.74) is 7.90. The molecular weight excluding hydrogens is 286 g/mol. The zero-order valence-electron chi connectivity index (χ0n) is 13.8. The molecule has 0 atom stereocenters. The standard InChI is InChI=1S/C19H25N3O/c1-15(2)12-13-23-18-11-7-6-8-16(18)14-21-19(20)22-17-9-4-3-5-10-17/h3-11,15H,12-14H2,1-2H3,(H3,20,21,22). The van der Waals surface area contributed by atoms with Crippen LogP contribution in [0, 0.1) is 5.92 Å². The highest BCUT2D eigenvalue weighted by Gasteiger charge is 2.03. The predicted molar refractivity (Wildman–Crippen MR) is 96.8 cm³/mol. The van der Waals surface area contributed by atoms with Crippen molar-refractivity contribution in [3.8, 4) is 5.75 Å². The topological polar surface area (TPSA) is 59.6 Å². The Labute approximate surface area is 138 Å². The van der Waals surface area contributed by atoms with Crippen molar-refractivity contribution in [1.29, 1.82) is 0 Å². The highest BCUT2D eigenvalue weighted by molar-refractivity contribution is 5.92. The van der Waals surface area contributed by atoms with Crippen molar-refractivity contribution < 1.29 is 4.74 Å². The van der Waals surface area contributed by atoms with E-state index in [1.54, 1.807) is 0 Å². The van der Waals surface area contributed by atoms with E-state index in [0.717, 1.165) is 30.0 Å². The summed E-state index contributed by atoms with van der Waals surface area (Å²) in [6, 6.07) is 17.7. The van der Waals surface area contributed by atoms with Gasteiger partial charge in [0.2, 0.25) is 0 Å². The molecule has 0 aliphatic rings. The largest absolute Gasteiger partial charge is 0.493 e. The van der Waals surface area contributed by atoms with Crippen LogP contribution < -0.4 is 15.8 Å². The third-order valence-electron chi connectivity index (χ3n) is 3.39. The van der Waals surface area contributed by atoms with Gasteiger partial charge in [-0.15, -0.1) is 0 Å². The average molecular weight is 311 g/mol. The Hall–Kier alpha value is -2.49. The normalized spacial score (nSPS) is 11.5. The van der Waals surface area contributed by atoms with E-state index in [1.165, 1.54) is 0 Å². The number of guanidine groups is 1. The molecule has 4 nitrogen and oxygen atoms in total. The summed E-state index contributed by atoms with van der Waals surface area (Å²) in [6.07, 6.45) is 1.04. The monoisotopic (exact) mass is 311 g/mol. The van der Waals surface area contributed by atoms with E-state index in [-0.39, 0.29) is 0 Å². The Kier molecular flexibility index (Phi) is 6.48. The molecule has 2 aromatic rings. The molecule has 3 N–H and O–H groups in total. The summed E-state index contributed by atoms with van der Waals surface area (Å²) in [4.78, 5) is 4.40. The molecule has 0 aromatic heterocycles. The number of nitrogens with two attached hydrogens (primary N) is 1. The minimum atomic E-state index is 0.396. The Morgan fingerprint density at radius 3 is 2.52 bits per heavy atom. The van der Waals surface area contributed by atoms with Crippen molar-refractivity contribution in [1.82, 2.24) is 0 Å². The van der Waals surface area contributed by atoms with E-state index in [1.807, 2.05) is 54.6 Å². The molecule has 0 spiro atoms. The molecule has 4 heteroatoms. The Balaban J connectivity index is 1.95. The first-order valence-corrected chi connectivity index (χ1v) is 7.98. The van der Waals surface area contributed by atoms with Crippen molar-refractivity contribution in [3.63, 3.8) is 0 Å². The van der Waals surface area contributed by atoms with Gasteiger partial charge in [-0.1, -0.05) is 50.2 Å². The number of nitrogens with zero attached hydrogens (tertiary/aromatic N) is 1. The average Bonchev–Trinajstić information content (AvgIpc) is 2.54. The fourth-order valence-corrected chi connectivity index (χ4v) is 2.06. The van der Waals surface area contributed by atoms with Gasteiger partial charge in [-0.2, -0.15) is 0 Å². The van der Waals surface area contributed by atoms with E-state index in [2.05, 4.69) is 24.2 Å². The third-order valence-corrected chi connectivity index (χ3v) is 3.39. The van der Waals surface area contributed by atoms with Crippen LogP contribution >= 0.6 is 0 Å². The molecule has 0 saturated heterocycles. The molecule has 0 radical (unpaired) electrons. The summed E-state index contributed by atoms with van der Waals surface area (Å²) in [7, 11) is 0. The molecule has 2 rings (SSSR count). The zero-order valence-corrected chi connectivity index (χ0v) is 13.8. The lowest BCUT2D eigenvalue weighted by molar-refractivity contribution is 0.287. The van der Waals surface area contributed by atoms with Crippen molar-refractivity contribution in [2.45, 2.75) is 26.8 Å². The maximum absolute atomic E-state index is 5.94. The van der Waals surface area contributed by atoms with Crippen molar-refractivity contribution in [3.05, 3.63) is 60.2 Å². The molecule has 0 unspecified atom stereocenters. The fourth-order valence-electron chi connectivity index (χ4n) is 2.06. The lowest BCUT2D eigenvalue weighted by atomic mass is 10.1. The second kappa shape index (κ2) is 8.83. The highest BCUT2D eigenvalue weighted by atomic mass is 16.5. The summed E-state index contributed by atoms with van der Waals surface area (Å²) in [5, 5.41) is 3.08. The lowest BCUT2D eigenvalue weighted by Crippen LogP contribution is -2.22. The molecule has 0 bridgehead atoms. The van der Waals surface area contributed by atoms with Gasteiger partial charge in [-0.3, -0.25) is 0 Å².